The van der Waals surface area contributed by atoms with E-state index in [1.54, 1.807) is 31.2 Å². The molecule has 2 rings (SSSR count). The number of nitrogens with zero attached hydrogens (tertiary/aromatic N) is 2. The quantitative estimate of drug-likeness (QED) is 0.837. The number of anilines is 1. The summed E-state index contributed by atoms with van der Waals surface area (Å²) in [6.45, 7) is 2.07. The van der Waals surface area contributed by atoms with E-state index in [9.17, 15) is 14.4 Å². The van der Waals surface area contributed by atoms with Crippen molar-refractivity contribution in [2.24, 2.45) is 0 Å². The number of fused-ring (bicyclic) bond motifs is 1. The first-order chi connectivity index (χ1) is 10.5. The Bertz CT molecular complexity index is 587. The average molecular weight is 306 g/mol. The van der Waals surface area contributed by atoms with Crippen LogP contribution in [0.2, 0.25) is 0 Å². The number of para-hydroxylation sites is 2. The van der Waals surface area contributed by atoms with E-state index in [1.807, 2.05) is 0 Å². The zero-order valence-electron chi connectivity index (χ0n) is 12.3. The molecule has 7 nitrogen and oxygen atoms in total. The molecule has 1 N–H and O–H groups in total. The number of carbonyl (C=O) groups excluding carboxylic acids is 2. The molecule has 1 aromatic rings. The lowest BCUT2D eigenvalue weighted by atomic mass is 10.2. The van der Waals surface area contributed by atoms with Crippen molar-refractivity contribution in [3.8, 4) is 5.75 Å². The summed E-state index contributed by atoms with van der Waals surface area (Å²) >= 11 is 0. The lowest BCUT2D eigenvalue weighted by molar-refractivity contribution is -0.138. The van der Waals surface area contributed by atoms with E-state index in [-0.39, 0.29) is 37.9 Å². The molecule has 22 heavy (non-hydrogen) atoms. The van der Waals surface area contributed by atoms with Crippen LogP contribution in [0.4, 0.5) is 5.69 Å². The molecular formula is C15H18N2O5. The molecule has 1 heterocycles. The fraction of sp³-hybridized carbons (Fsp3) is 0.400. The minimum Gasteiger partial charge on any atom is -0.482 e. The van der Waals surface area contributed by atoms with Crippen molar-refractivity contribution in [3.05, 3.63) is 24.3 Å². The highest BCUT2D eigenvalue weighted by atomic mass is 16.5. The van der Waals surface area contributed by atoms with Crippen LogP contribution in [0.25, 0.3) is 0 Å². The zero-order valence-corrected chi connectivity index (χ0v) is 12.3. The minimum absolute atomic E-state index is 0.106. The number of hydrogen-bond acceptors (Lipinski definition) is 4. The van der Waals surface area contributed by atoms with Gasteiger partial charge in [0.25, 0.3) is 5.91 Å². The van der Waals surface area contributed by atoms with Crippen LogP contribution in [0.5, 0.6) is 5.75 Å². The number of ether oxygens (including phenoxy) is 1. The van der Waals surface area contributed by atoms with Crippen molar-refractivity contribution in [2.75, 3.05) is 31.1 Å². The van der Waals surface area contributed by atoms with E-state index >= 15 is 0 Å². The van der Waals surface area contributed by atoms with Gasteiger partial charge >= 0.3 is 5.97 Å². The van der Waals surface area contributed by atoms with E-state index in [0.717, 1.165) is 0 Å². The van der Waals surface area contributed by atoms with Crippen LogP contribution >= 0.6 is 0 Å². The molecule has 0 radical (unpaired) electrons. The number of benzene rings is 1. The third-order valence-corrected chi connectivity index (χ3v) is 3.43. The summed E-state index contributed by atoms with van der Waals surface area (Å²) in [5.74, 6) is -0.974. The van der Waals surface area contributed by atoms with Crippen LogP contribution in [0.1, 0.15) is 13.3 Å². The van der Waals surface area contributed by atoms with Crippen molar-refractivity contribution in [2.45, 2.75) is 13.3 Å². The van der Waals surface area contributed by atoms with Crippen molar-refractivity contribution in [3.63, 3.8) is 0 Å². The Morgan fingerprint density at radius 2 is 2.09 bits per heavy atom. The van der Waals surface area contributed by atoms with Gasteiger partial charge in [0.05, 0.1) is 12.1 Å². The van der Waals surface area contributed by atoms with Crippen LogP contribution in [-0.4, -0.2) is 54.0 Å². The van der Waals surface area contributed by atoms with Gasteiger partial charge in [-0.2, -0.15) is 0 Å². The molecule has 0 aromatic heterocycles. The first kappa shape index (κ1) is 15.8. The van der Waals surface area contributed by atoms with Crippen LogP contribution in [0.3, 0.4) is 0 Å². The Kier molecular flexibility index (Phi) is 4.98. The maximum absolute atomic E-state index is 12.3. The number of aliphatic carboxylic acids is 1. The summed E-state index contributed by atoms with van der Waals surface area (Å²) in [7, 11) is 0. The molecule has 1 aromatic carbocycles. The molecule has 7 heteroatoms. The number of likely N-dealkylation sites (N-methyl/N-ethyl adjacent to an activating group) is 1. The van der Waals surface area contributed by atoms with Crippen LogP contribution in [0.15, 0.2) is 24.3 Å². The lowest BCUT2D eigenvalue weighted by Gasteiger charge is -2.30. The summed E-state index contributed by atoms with van der Waals surface area (Å²) in [5.41, 5.74) is 0.557. The number of carboxylic acid groups (broad SMARTS) is 1. The van der Waals surface area contributed by atoms with Gasteiger partial charge < -0.3 is 14.7 Å². The molecule has 2 amide bonds. The highest BCUT2D eigenvalue weighted by Gasteiger charge is 2.28. The second-order valence-corrected chi connectivity index (χ2v) is 4.85. The van der Waals surface area contributed by atoms with Gasteiger partial charge in [0, 0.05) is 13.1 Å². The minimum atomic E-state index is -0.959. The van der Waals surface area contributed by atoms with Crippen molar-refractivity contribution in [1.29, 1.82) is 0 Å². The summed E-state index contributed by atoms with van der Waals surface area (Å²) in [6.07, 6.45) is -0.118. The first-order valence-electron chi connectivity index (χ1n) is 7.04. The molecule has 0 aliphatic carbocycles. The Hall–Kier alpha value is -2.57. The number of hydrogen-bond donors (Lipinski definition) is 1. The summed E-state index contributed by atoms with van der Waals surface area (Å²) in [5, 5.41) is 8.71. The monoisotopic (exact) mass is 306 g/mol. The van der Waals surface area contributed by atoms with Gasteiger partial charge in [0.2, 0.25) is 5.91 Å². The predicted octanol–water partition coefficient (Wildman–Crippen LogP) is 0.735. The number of carbonyl (C=O) groups is 3. The molecule has 0 spiro atoms. The number of rotatable bonds is 6. The highest BCUT2D eigenvalue weighted by Crippen LogP contribution is 2.31. The normalized spacial score (nSPS) is 13.3. The molecule has 0 saturated heterocycles. The van der Waals surface area contributed by atoms with E-state index in [1.165, 1.54) is 9.80 Å². The first-order valence-corrected chi connectivity index (χ1v) is 7.04. The maximum Gasteiger partial charge on any atom is 0.305 e. The van der Waals surface area contributed by atoms with Gasteiger partial charge in [0.15, 0.2) is 6.61 Å². The molecular weight excluding hydrogens is 288 g/mol. The molecule has 0 saturated carbocycles. The summed E-state index contributed by atoms with van der Waals surface area (Å²) in [6, 6.07) is 7.01. The topological polar surface area (TPSA) is 87.2 Å². The largest absolute Gasteiger partial charge is 0.482 e. The predicted molar refractivity (Wildman–Crippen MR) is 78.8 cm³/mol. The van der Waals surface area contributed by atoms with Gasteiger partial charge in [0.1, 0.15) is 12.3 Å². The molecule has 118 valence electrons. The highest BCUT2D eigenvalue weighted by molar-refractivity contribution is 6.02. The third kappa shape index (κ3) is 3.55. The lowest BCUT2D eigenvalue weighted by Crippen LogP contribution is -2.46. The SMILES string of the molecule is CCN(CCC(=O)O)C(=O)CN1C(=O)COc2ccccc21. The van der Waals surface area contributed by atoms with Crippen LogP contribution in [-0.2, 0) is 14.4 Å². The standard InChI is InChI=1S/C15H18N2O5/c1-2-16(8-7-15(20)21)13(18)9-17-11-5-3-4-6-12(11)22-10-14(17)19/h3-6H,2,7-10H2,1H3,(H,20,21). The molecule has 0 bridgehead atoms. The number of amides is 2. The van der Waals surface area contributed by atoms with Gasteiger partial charge in [-0.15, -0.1) is 0 Å². The molecule has 1 aliphatic rings. The fourth-order valence-electron chi connectivity index (χ4n) is 2.25. The molecule has 1 aliphatic heterocycles. The number of carboxylic acids is 1. The zero-order chi connectivity index (χ0) is 16.1. The van der Waals surface area contributed by atoms with Crippen molar-refractivity contribution in [1.82, 2.24) is 4.90 Å². The van der Waals surface area contributed by atoms with E-state index in [0.29, 0.717) is 18.0 Å². The van der Waals surface area contributed by atoms with E-state index in [2.05, 4.69) is 0 Å². The van der Waals surface area contributed by atoms with Gasteiger partial charge in [-0.25, -0.2) is 0 Å². The summed E-state index contributed by atoms with van der Waals surface area (Å²) in [4.78, 5) is 37.8. The Morgan fingerprint density at radius 3 is 2.77 bits per heavy atom. The maximum atomic E-state index is 12.3. The van der Waals surface area contributed by atoms with E-state index < -0.39 is 5.97 Å². The fourth-order valence-corrected chi connectivity index (χ4v) is 2.25. The van der Waals surface area contributed by atoms with Crippen molar-refractivity contribution < 1.29 is 24.2 Å². The van der Waals surface area contributed by atoms with Crippen LogP contribution < -0.4 is 9.64 Å². The molecule has 0 atom stereocenters. The second kappa shape index (κ2) is 6.93. The molecule has 0 fully saturated rings. The van der Waals surface area contributed by atoms with Gasteiger partial charge in [-0.3, -0.25) is 19.3 Å². The Morgan fingerprint density at radius 1 is 1.36 bits per heavy atom. The van der Waals surface area contributed by atoms with Crippen molar-refractivity contribution >= 4 is 23.5 Å². The second-order valence-electron chi connectivity index (χ2n) is 4.85. The van der Waals surface area contributed by atoms with Crippen LogP contribution in [0, 0.1) is 0 Å². The Labute approximate surface area is 128 Å². The van der Waals surface area contributed by atoms with Gasteiger partial charge in [-0.1, -0.05) is 12.1 Å². The Balaban J connectivity index is 2.10. The molecule has 0 unspecified atom stereocenters. The van der Waals surface area contributed by atoms with Gasteiger partial charge in [-0.05, 0) is 19.1 Å². The third-order valence-electron chi connectivity index (χ3n) is 3.43. The average Bonchev–Trinajstić information content (AvgIpc) is 2.50. The summed E-state index contributed by atoms with van der Waals surface area (Å²) < 4.78 is 5.32. The smallest absolute Gasteiger partial charge is 0.305 e. The van der Waals surface area contributed by atoms with E-state index in [4.69, 9.17) is 9.84 Å².